The number of nitrogens with zero attached hydrogens (tertiary/aromatic N) is 2. The fourth-order valence-electron chi connectivity index (χ4n) is 15.9. The molecular weight excluding hydrogens is 1560 g/mol. The van der Waals surface area contributed by atoms with Crippen molar-refractivity contribution in [3.63, 3.8) is 0 Å². The molecule has 21 aromatic rings. The Morgan fingerprint density at radius 2 is 0.744 bits per heavy atom. The number of H-pyrrole nitrogens is 1. The molecule has 3 N–H and O–H groups in total. The molecule has 3 heterocycles. The van der Waals surface area contributed by atoms with Crippen LogP contribution in [-0.4, -0.2) is 32.0 Å². The number of thiophene rings is 2. The molecule has 14 heteroatoms. The van der Waals surface area contributed by atoms with E-state index in [4.69, 9.17) is 0 Å². The second-order valence-electron chi connectivity index (χ2n) is 28.7. The van der Waals surface area contributed by atoms with Crippen LogP contribution in [0.15, 0.2) is 399 Å². The van der Waals surface area contributed by atoms with E-state index in [9.17, 15) is 30.3 Å². The Morgan fingerprint density at radius 3 is 1.29 bits per heavy atom. The zero-order valence-corrected chi connectivity index (χ0v) is 67.0. The van der Waals surface area contributed by atoms with E-state index < -0.39 is 20.0 Å². The van der Waals surface area contributed by atoms with Crippen LogP contribution < -0.4 is 21.4 Å². The zero-order chi connectivity index (χ0) is 79.5. The largest absolute Gasteiger partial charge is 0.495 e. The summed E-state index contributed by atoms with van der Waals surface area (Å²) in [7, 11) is -2.31. The van der Waals surface area contributed by atoms with Crippen LogP contribution in [0, 0.1) is 20.2 Å². The minimum absolute atomic E-state index is 0.104. The summed E-state index contributed by atoms with van der Waals surface area (Å²) in [6.45, 7) is 0. The van der Waals surface area contributed by atoms with Gasteiger partial charge >= 0.3 is 7.12 Å². The summed E-state index contributed by atoms with van der Waals surface area (Å²) in [6.07, 6.45) is 1.03. The lowest BCUT2D eigenvalue weighted by Crippen LogP contribution is -2.32. The van der Waals surface area contributed by atoms with Gasteiger partial charge in [-0.05, 0) is 180 Å². The van der Waals surface area contributed by atoms with Crippen molar-refractivity contribution >= 4 is 181 Å². The van der Waals surface area contributed by atoms with Gasteiger partial charge in [0.1, 0.15) is 0 Å². The van der Waals surface area contributed by atoms with Crippen LogP contribution in [0.5, 0.6) is 0 Å². The third-order valence-electron chi connectivity index (χ3n) is 21.6. The van der Waals surface area contributed by atoms with Gasteiger partial charge in [0.2, 0.25) is 0 Å². The molecule has 18 aromatic carbocycles. The van der Waals surface area contributed by atoms with Gasteiger partial charge in [0.05, 0.1) is 26.4 Å². The predicted molar refractivity (Wildman–Crippen MR) is 499 cm³/mol. The van der Waals surface area contributed by atoms with Gasteiger partial charge in [-0.1, -0.05) is 325 Å². The number of hydrogen-bond donors (Lipinski definition) is 3. The summed E-state index contributed by atoms with van der Waals surface area (Å²) in [5.74, 6) is 0. The molecule has 560 valence electrons. The molecule has 0 saturated heterocycles. The number of nitro benzene ring substituents is 2. The third kappa shape index (κ3) is 15.4. The summed E-state index contributed by atoms with van der Waals surface area (Å²) in [5, 5.41) is 60.4. The van der Waals surface area contributed by atoms with Crippen molar-refractivity contribution in [2.75, 3.05) is 0 Å². The van der Waals surface area contributed by atoms with Gasteiger partial charge in [-0.25, -0.2) is 0 Å². The van der Waals surface area contributed by atoms with Gasteiger partial charge in [-0.15, -0.1) is 22.7 Å². The predicted octanol–water partition coefficient (Wildman–Crippen LogP) is 26.5. The zero-order valence-electron chi connectivity index (χ0n) is 62.9. The fraction of sp³-hybridized carbons (Fsp3) is 0.00971. The minimum Gasteiger partial charge on any atom is -0.423 e. The van der Waals surface area contributed by atoms with Gasteiger partial charge in [-0.3, -0.25) is 20.2 Å². The van der Waals surface area contributed by atoms with Crippen LogP contribution in [0.3, 0.4) is 0 Å². The lowest BCUT2D eigenvalue weighted by Gasteiger charge is -2.18. The monoisotopic (exact) mass is 1630 g/mol. The molecule has 0 spiro atoms. The van der Waals surface area contributed by atoms with Gasteiger partial charge in [0, 0.05) is 89.4 Å². The van der Waals surface area contributed by atoms with E-state index in [1.807, 2.05) is 120 Å². The Morgan fingerprint density at radius 1 is 0.325 bits per heavy atom. The van der Waals surface area contributed by atoms with Crippen molar-refractivity contribution in [3.05, 3.63) is 430 Å². The first-order chi connectivity index (χ1) is 57.4. The van der Waals surface area contributed by atoms with Crippen molar-refractivity contribution in [3.8, 4) is 55.6 Å². The molecule has 0 saturated carbocycles. The second-order valence-corrected chi connectivity index (χ2v) is 33.9. The van der Waals surface area contributed by atoms with Gasteiger partial charge < -0.3 is 15.0 Å². The highest BCUT2D eigenvalue weighted by atomic mass is 79.9. The normalized spacial score (nSPS) is 11.4. The summed E-state index contributed by atoms with van der Waals surface area (Å²) >= 11 is 7.36. The molecule has 0 bridgehead atoms. The number of halogens is 1. The molecule has 0 aliphatic heterocycles. The summed E-state index contributed by atoms with van der Waals surface area (Å²) in [6, 6.07) is 135. The smallest absolute Gasteiger partial charge is 0.423 e. The van der Waals surface area contributed by atoms with Crippen molar-refractivity contribution < 1.29 is 19.9 Å². The van der Waals surface area contributed by atoms with E-state index in [0.29, 0.717) is 11.1 Å². The van der Waals surface area contributed by atoms with Gasteiger partial charge in [-0.2, -0.15) is 0 Å². The summed E-state index contributed by atoms with van der Waals surface area (Å²) in [4.78, 5) is 25.2. The molecular formula is C103H70BBrN3O6PS2. The Hall–Kier alpha value is -13.3. The highest BCUT2D eigenvalue weighted by Gasteiger charge is 2.26. The number of benzene rings is 18. The van der Waals surface area contributed by atoms with E-state index in [2.05, 4.69) is 294 Å². The van der Waals surface area contributed by atoms with Crippen molar-refractivity contribution in [2.45, 2.75) is 6.42 Å². The molecule has 0 amide bonds. The molecule has 0 unspecified atom stereocenters. The van der Waals surface area contributed by atoms with Crippen molar-refractivity contribution in [1.82, 2.24) is 4.98 Å². The molecule has 0 atom stereocenters. The maximum Gasteiger partial charge on any atom is 0.495 e. The average Bonchev–Trinajstić information content (AvgIpc) is 1.59. The fourth-order valence-corrected chi connectivity index (χ4v) is 21.1. The molecule has 0 radical (unpaired) electrons. The van der Waals surface area contributed by atoms with Crippen molar-refractivity contribution in [2.24, 2.45) is 0 Å². The van der Waals surface area contributed by atoms with Crippen LogP contribution in [0.25, 0.3) is 150 Å². The molecule has 3 aromatic heterocycles. The Bertz CT molecular complexity index is 7210. The molecule has 1 aliphatic rings. The maximum atomic E-state index is 11.8. The van der Waals surface area contributed by atoms with Crippen LogP contribution >= 0.6 is 46.5 Å². The molecule has 22 rings (SSSR count). The first-order valence-electron chi connectivity index (χ1n) is 38.4. The van der Waals surface area contributed by atoms with Gasteiger partial charge in [0.15, 0.2) is 0 Å². The van der Waals surface area contributed by atoms with E-state index >= 15 is 0 Å². The molecule has 9 nitrogen and oxygen atoms in total. The highest BCUT2D eigenvalue weighted by Crippen LogP contribution is 2.47. The van der Waals surface area contributed by atoms with E-state index in [-0.39, 0.29) is 21.8 Å². The van der Waals surface area contributed by atoms with Gasteiger partial charge in [0.25, 0.3) is 11.4 Å². The number of rotatable bonds is 10. The third-order valence-corrected chi connectivity index (χ3v) is 26.9. The quantitative estimate of drug-likeness (QED) is 0.0539. The standard InChI is InChI=1S/C29H18S.C28H18N2O2.C18H15P.C16H9BrS.C12H10BNO4/c1-2-6-18(7-3-1)19-10-11-20-14-22-15-21-12-13-24-23-8-4-5-9-28(23)30-29(24)27(21)17-26(22)25(20)16-19;31-30(32)27-15-13-20(18-6-2-1-3-7-18)16-24(27)21-11-10-19-12-14-23-22-8-4-5-9-26(22)29-28(23)25(19)17-21;1-4-10-16(11-5-1)19(17-12-6-2-7-13-17)18-14-8-3-9-15-18;17-11-7-5-10-6-8-13-12-3-1-2-4-15(12)18-16(13)14(10)9-11;15-13(16)11-8-10(6-7-12(11)14(17)18)9-4-2-1-3-5-9/h1-13,15-17H,14H2;1-17,29H;1-15H;1-9H;1-8,15-16H. The topological polar surface area (TPSA) is 143 Å². The number of para-hydroxylation sites is 1. The number of nitrogens with one attached hydrogen (secondary N) is 1. The molecule has 117 heavy (non-hydrogen) atoms. The highest BCUT2D eigenvalue weighted by molar-refractivity contribution is 9.10. The minimum atomic E-state index is -1.87. The SMILES string of the molecule is Brc1ccc2ccc3c4ccccc4sc3c2c1.O=[N+]([O-])c1ccc(-c2ccccc2)cc1-c1ccc2ccc3c4ccccc4[nH]c3c2c1.O=[N+]([O-])c1ccc(-c2ccccc2)cc1B(O)O.c1ccc(-c2ccc3c(c2)-c2cc4c(ccc5c6ccccc6sc45)cc2C3)cc1.c1ccc(P(c2ccccc2)c2ccccc2)cc1. The van der Waals surface area contributed by atoms with Crippen LogP contribution in [0.4, 0.5) is 11.4 Å². The number of hydrogen-bond acceptors (Lipinski definition) is 8. The van der Waals surface area contributed by atoms with Crippen LogP contribution in [-0.2, 0) is 6.42 Å². The lowest BCUT2D eigenvalue weighted by atomic mass is 9.77. The van der Waals surface area contributed by atoms with E-state index in [1.54, 1.807) is 12.1 Å². The van der Waals surface area contributed by atoms with Crippen LogP contribution in [0.1, 0.15) is 11.1 Å². The van der Waals surface area contributed by atoms with E-state index in [0.717, 1.165) is 60.3 Å². The molecule has 0 fully saturated rings. The lowest BCUT2D eigenvalue weighted by molar-refractivity contribution is -0.384. The Balaban J connectivity index is 0.000000103. The number of aromatic amines is 1. The summed E-state index contributed by atoms with van der Waals surface area (Å²) in [5.41, 5.74) is 15.1. The maximum absolute atomic E-state index is 11.8. The van der Waals surface area contributed by atoms with E-state index in [1.165, 1.54) is 129 Å². The first kappa shape index (κ1) is 75.1. The van der Waals surface area contributed by atoms with Crippen molar-refractivity contribution in [1.29, 1.82) is 0 Å². The first-order valence-corrected chi connectivity index (χ1v) is 42.2. The Labute approximate surface area is 692 Å². The number of nitro groups is 2. The van der Waals surface area contributed by atoms with Crippen LogP contribution in [0.2, 0.25) is 0 Å². The number of aromatic nitrogens is 1. The average molecular weight is 1630 g/mol. The summed E-state index contributed by atoms with van der Waals surface area (Å²) < 4.78 is 6.66. The second kappa shape index (κ2) is 33.2. The Kier molecular flexibility index (Phi) is 21.3. The molecule has 1 aliphatic carbocycles. The number of fused-ring (bicyclic) bond motifs is 18.